The van der Waals surface area contributed by atoms with Gasteiger partial charge in [-0.3, -0.25) is 28.9 Å². The van der Waals surface area contributed by atoms with Crippen molar-refractivity contribution < 1.29 is 57.6 Å². The summed E-state index contributed by atoms with van der Waals surface area (Å²) in [6, 6.07) is 0. The monoisotopic (exact) mass is 715 g/mol. The summed E-state index contributed by atoms with van der Waals surface area (Å²) in [5, 5.41) is 20.2. The molecule has 1 rings (SSSR count). The van der Waals surface area contributed by atoms with Crippen molar-refractivity contribution in [1.29, 1.82) is 0 Å². The number of carbonyl (C=O) groups excluding carboxylic acids is 6. The molecule has 1 aliphatic heterocycles. The van der Waals surface area contributed by atoms with E-state index >= 15 is 0 Å². The molecule has 0 spiro atoms. The zero-order chi connectivity index (χ0) is 37.6. The number of aliphatic hydroxyl groups is 1. The minimum absolute atomic E-state index is 0.00288. The number of rotatable bonds is 25. The molecule has 1 aliphatic rings. The van der Waals surface area contributed by atoms with E-state index in [9.17, 15) is 33.9 Å². The summed E-state index contributed by atoms with van der Waals surface area (Å²) in [5.41, 5.74) is -0.672. The smallest absolute Gasteiger partial charge is 0.407 e. The lowest BCUT2D eigenvalue weighted by atomic mass is 9.89. The Morgan fingerprint density at radius 3 is 1.88 bits per heavy atom. The van der Waals surface area contributed by atoms with Crippen molar-refractivity contribution in [2.45, 2.75) is 85.2 Å². The maximum atomic E-state index is 12.2. The van der Waals surface area contributed by atoms with Gasteiger partial charge >= 0.3 is 6.09 Å². The average molecular weight is 716 g/mol. The highest BCUT2D eigenvalue weighted by molar-refractivity contribution is 6.13. The Hall–Kier alpha value is -3.64. The molecule has 0 aromatic heterocycles. The molecule has 0 aromatic carbocycles. The van der Waals surface area contributed by atoms with Crippen LogP contribution in [-0.2, 0) is 47.7 Å². The van der Waals surface area contributed by atoms with Crippen LogP contribution in [0.2, 0.25) is 0 Å². The van der Waals surface area contributed by atoms with Crippen molar-refractivity contribution in [1.82, 2.24) is 26.2 Å². The summed E-state index contributed by atoms with van der Waals surface area (Å²) >= 11 is 0. The highest BCUT2D eigenvalue weighted by Gasteiger charge is 2.27. The van der Waals surface area contributed by atoms with Crippen LogP contribution in [-0.4, -0.2) is 136 Å². The number of ether oxygens (including phenoxy) is 5. The molecule has 0 radical (unpaired) electrons. The fourth-order valence-corrected chi connectivity index (χ4v) is 4.30. The lowest BCUT2D eigenvalue weighted by Crippen LogP contribution is -2.40. The van der Waals surface area contributed by atoms with Gasteiger partial charge in [0.2, 0.25) is 17.7 Å². The number of nitrogens with zero attached hydrogens (tertiary/aromatic N) is 1. The first-order chi connectivity index (χ1) is 23.5. The van der Waals surface area contributed by atoms with Crippen molar-refractivity contribution >= 4 is 35.6 Å². The maximum Gasteiger partial charge on any atom is 0.407 e. The number of nitrogens with one attached hydrogen (secondary N) is 4. The molecule has 2 unspecified atom stereocenters. The van der Waals surface area contributed by atoms with Crippen molar-refractivity contribution in [3.05, 3.63) is 12.2 Å². The van der Waals surface area contributed by atoms with E-state index < -0.39 is 35.9 Å². The molecule has 2 atom stereocenters. The third-order valence-electron chi connectivity index (χ3n) is 6.49. The molecule has 17 nitrogen and oxygen atoms in total. The number of hydrogen-bond acceptors (Lipinski definition) is 12. The summed E-state index contributed by atoms with van der Waals surface area (Å²) in [4.78, 5) is 71.9. The molecule has 17 heteroatoms. The van der Waals surface area contributed by atoms with E-state index in [2.05, 4.69) is 21.3 Å². The molecule has 0 bridgehead atoms. The summed E-state index contributed by atoms with van der Waals surface area (Å²) in [5.74, 6) is -1.73. The van der Waals surface area contributed by atoms with Gasteiger partial charge in [0, 0.05) is 64.1 Å². The van der Waals surface area contributed by atoms with E-state index in [-0.39, 0.29) is 115 Å². The number of carbonyl (C=O) groups is 6. The summed E-state index contributed by atoms with van der Waals surface area (Å²) in [7, 11) is 0. The van der Waals surface area contributed by atoms with Gasteiger partial charge in [0.1, 0.15) is 6.61 Å². The Balaban J connectivity index is 2.05. The predicted octanol–water partition coefficient (Wildman–Crippen LogP) is 0.145. The SMILES string of the molecule is CC(C)(C)CC(CO)OC(COC(=O)NCCC(=O)NCCNC(=O)CCOCCOCCNC(=O)CCN1C(=O)C=CC1=O)OC(C)(C)C. The van der Waals surface area contributed by atoms with Gasteiger partial charge in [0.05, 0.1) is 44.7 Å². The molecule has 50 heavy (non-hydrogen) atoms. The molecule has 0 saturated heterocycles. The number of alkyl carbamates (subject to hydrolysis) is 1. The van der Waals surface area contributed by atoms with Gasteiger partial charge in [0.25, 0.3) is 11.8 Å². The second-order valence-electron chi connectivity index (χ2n) is 13.6. The van der Waals surface area contributed by atoms with Crippen LogP contribution in [0.5, 0.6) is 0 Å². The summed E-state index contributed by atoms with van der Waals surface area (Å²) < 4.78 is 27.7. The Labute approximate surface area is 294 Å². The molecular weight excluding hydrogens is 658 g/mol. The van der Waals surface area contributed by atoms with Crippen molar-refractivity contribution in [3.63, 3.8) is 0 Å². The zero-order valence-electron chi connectivity index (χ0n) is 30.3. The van der Waals surface area contributed by atoms with Crippen LogP contribution in [0.4, 0.5) is 4.79 Å². The molecule has 0 fully saturated rings. The number of amides is 6. The standard InChI is InChI=1S/C33H57N5O12/c1-32(2,3)21-24(22-39)49-30(50-33(4,5)6)23-48-31(45)37-12-9-25(40)34-13-14-35-27(42)11-17-46-19-20-47-18-15-36-26(41)10-16-38-28(43)7-8-29(38)44/h7-8,24,30,39H,9-23H2,1-6H3,(H,34,40)(H,35,42)(H,36,41)(H,37,45). The maximum absolute atomic E-state index is 12.2. The zero-order valence-corrected chi connectivity index (χ0v) is 30.3. The van der Waals surface area contributed by atoms with E-state index in [0.29, 0.717) is 6.42 Å². The van der Waals surface area contributed by atoms with Crippen molar-refractivity contribution in [3.8, 4) is 0 Å². The van der Waals surface area contributed by atoms with Crippen LogP contribution in [0.3, 0.4) is 0 Å². The van der Waals surface area contributed by atoms with Gasteiger partial charge in [-0.25, -0.2) is 4.79 Å². The molecule has 6 amide bonds. The Morgan fingerprint density at radius 1 is 0.740 bits per heavy atom. The van der Waals surface area contributed by atoms with Gasteiger partial charge < -0.3 is 50.1 Å². The lowest BCUT2D eigenvalue weighted by Gasteiger charge is -2.32. The topological polar surface area (TPSA) is 220 Å². The van der Waals surface area contributed by atoms with Crippen LogP contribution in [0, 0.1) is 5.41 Å². The van der Waals surface area contributed by atoms with E-state index in [0.717, 1.165) is 4.90 Å². The Bertz CT molecular complexity index is 1100. The number of aliphatic hydroxyl groups excluding tert-OH is 1. The first kappa shape index (κ1) is 44.4. The highest BCUT2D eigenvalue weighted by Crippen LogP contribution is 2.24. The fraction of sp³-hybridized carbons (Fsp3) is 0.758. The molecular formula is C33H57N5O12. The van der Waals surface area contributed by atoms with E-state index in [1.807, 2.05) is 41.5 Å². The van der Waals surface area contributed by atoms with Gasteiger partial charge in [-0.15, -0.1) is 0 Å². The van der Waals surface area contributed by atoms with Crippen LogP contribution >= 0.6 is 0 Å². The van der Waals surface area contributed by atoms with Gasteiger partial charge in [-0.2, -0.15) is 0 Å². The molecule has 5 N–H and O–H groups in total. The fourth-order valence-electron chi connectivity index (χ4n) is 4.30. The van der Waals surface area contributed by atoms with Crippen LogP contribution in [0.15, 0.2) is 12.2 Å². The minimum Gasteiger partial charge on any atom is -0.444 e. The second kappa shape index (κ2) is 23.7. The summed E-state index contributed by atoms with van der Waals surface area (Å²) in [6.07, 6.45) is 0.910. The molecule has 286 valence electrons. The van der Waals surface area contributed by atoms with Crippen molar-refractivity contribution in [2.24, 2.45) is 5.41 Å². The number of imide groups is 1. The molecule has 0 aromatic rings. The lowest BCUT2D eigenvalue weighted by molar-refractivity contribution is -0.236. The Morgan fingerprint density at radius 2 is 1.30 bits per heavy atom. The normalized spacial score (nSPS) is 14.3. The third-order valence-corrected chi connectivity index (χ3v) is 6.49. The van der Waals surface area contributed by atoms with Gasteiger partial charge in [0.15, 0.2) is 6.29 Å². The summed E-state index contributed by atoms with van der Waals surface area (Å²) in [6.45, 7) is 12.9. The molecule has 0 aliphatic carbocycles. The number of hydrogen-bond donors (Lipinski definition) is 5. The van der Waals surface area contributed by atoms with Crippen LogP contribution in [0.25, 0.3) is 0 Å². The largest absolute Gasteiger partial charge is 0.444 e. The van der Waals surface area contributed by atoms with Crippen LogP contribution < -0.4 is 21.3 Å². The van der Waals surface area contributed by atoms with E-state index in [1.165, 1.54) is 12.2 Å². The first-order valence-corrected chi connectivity index (χ1v) is 16.8. The first-order valence-electron chi connectivity index (χ1n) is 16.8. The Kier molecular flexibility index (Phi) is 21.0. The molecule has 0 saturated carbocycles. The second-order valence-corrected chi connectivity index (χ2v) is 13.6. The van der Waals surface area contributed by atoms with Gasteiger partial charge in [-0.1, -0.05) is 20.8 Å². The quantitative estimate of drug-likeness (QED) is 0.0485. The third kappa shape index (κ3) is 22.9. The van der Waals surface area contributed by atoms with Crippen LogP contribution in [0.1, 0.15) is 67.2 Å². The highest BCUT2D eigenvalue weighted by atomic mass is 16.7. The minimum atomic E-state index is -0.891. The van der Waals surface area contributed by atoms with E-state index in [1.54, 1.807) is 0 Å². The van der Waals surface area contributed by atoms with E-state index in [4.69, 9.17) is 23.7 Å². The predicted molar refractivity (Wildman–Crippen MR) is 180 cm³/mol. The average Bonchev–Trinajstić information content (AvgIpc) is 3.34. The van der Waals surface area contributed by atoms with Gasteiger partial charge in [-0.05, 0) is 32.6 Å². The molecule has 1 heterocycles. The van der Waals surface area contributed by atoms with Crippen molar-refractivity contribution in [2.75, 3.05) is 72.4 Å².